The minimum atomic E-state index is -4.45. The van der Waals surface area contributed by atoms with E-state index in [0.29, 0.717) is 12.2 Å². The Kier molecular flexibility index (Phi) is 5.30. The van der Waals surface area contributed by atoms with Crippen LogP contribution in [0.4, 0.5) is 23.7 Å². The van der Waals surface area contributed by atoms with E-state index < -0.39 is 17.8 Å². The van der Waals surface area contributed by atoms with Crippen LogP contribution in [0, 0.1) is 0 Å². The first-order valence-electron chi connectivity index (χ1n) is 6.73. The number of carbonyl (C=O) groups is 1. The number of halogens is 4. The molecule has 124 valence electrons. The maximum Gasteiger partial charge on any atom is 0.416 e. The van der Waals surface area contributed by atoms with E-state index in [1.807, 2.05) is 6.92 Å². The summed E-state index contributed by atoms with van der Waals surface area (Å²) in [5.41, 5.74) is -0.124. The summed E-state index contributed by atoms with van der Waals surface area (Å²) in [6, 6.07) is 3.83. The minimum absolute atomic E-state index is 0.0653. The van der Waals surface area contributed by atoms with Crippen LogP contribution < -0.4 is 10.6 Å². The Bertz CT molecular complexity index is 700. The summed E-state index contributed by atoms with van der Waals surface area (Å²) in [7, 11) is 0. The number of hydrogen-bond donors (Lipinski definition) is 2. The van der Waals surface area contributed by atoms with Crippen molar-refractivity contribution in [3.63, 3.8) is 0 Å². The zero-order valence-corrected chi connectivity index (χ0v) is 13.7. The highest BCUT2D eigenvalue weighted by Crippen LogP contribution is 2.30. The van der Waals surface area contributed by atoms with Crippen LogP contribution in [0.15, 0.2) is 34.9 Å². The van der Waals surface area contributed by atoms with Gasteiger partial charge < -0.3 is 10.6 Å². The summed E-state index contributed by atoms with van der Waals surface area (Å²) in [5, 5.41) is 9.14. The smallest absolute Gasteiger partial charge is 0.332 e. The number of alkyl halides is 3. The third kappa shape index (κ3) is 4.72. The predicted molar refractivity (Wildman–Crippen MR) is 82.9 cm³/mol. The van der Waals surface area contributed by atoms with E-state index in [-0.39, 0.29) is 12.2 Å². The fraction of sp³-hybridized carbons (Fsp3) is 0.286. The molecule has 0 saturated heterocycles. The van der Waals surface area contributed by atoms with Crippen molar-refractivity contribution in [3.05, 3.63) is 46.2 Å². The monoisotopic (exact) mass is 390 g/mol. The zero-order valence-electron chi connectivity index (χ0n) is 12.1. The van der Waals surface area contributed by atoms with Gasteiger partial charge in [0.1, 0.15) is 0 Å². The number of nitrogens with one attached hydrogen (secondary N) is 2. The van der Waals surface area contributed by atoms with Crippen LogP contribution in [0.2, 0.25) is 0 Å². The number of nitrogens with zero attached hydrogens (tertiary/aromatic N) is 2. The summed E-state index contributed by atoms with van der Waals surface area (Å²) >= 11 is 3.33. The highest BCUT2D eigenvalue weighted by Gasteiger charge is 2.30. The molecule has 0 aliphatic rings. The second-order valence-corrected chi connectivity index (χ2v) is 5.52. The summed E-state index contributed by atoms with van der Waals surface area (Å²) in [6.45, 7) is 2.77. The predicted octanol–water partition coefficient (Wildman–Crippen LogP) is 4.01. The van der Waals surface area contributed by atoms with E-state index >= 15 is 0 Å². The number of benzene rings is 1. The van der Waals surface area contributed by atoms with Crippen molar-refractivity contribution < 1.29 is 18.0 Å². The van der Waals surface area contributed by atoms with Gasteiger partial charge >= 0.3 is 12.2 Å². The molecule has 2 aromatic rings. The molecule has 0 radical (unpaired) electrons. The first-order chi connectivity index (χ1) is 10.8. The van der Waals surface area contributed by atoms with Crippen molar-refractivity contribution >= 4 is 27.6 Å². The molecule has 9 heteroatoms. The number of anilines is 1. The molecule has 0 unspecified atom stereocenters. The average molecular weight is 391 g/mol. The van der Waals surface area contributed by atoms with Gasteiger partial charge in [-0.15, -0.1) is 0 Å². The highest BCUT2D eigenvalue weighted by molar-refractivity contribution is 9.10. The second kappa shape index (κ2) is 7.03. The maximum absolute atomic E-state index is 12.6. The van der Waals surface area contributed by atoms with Gasteiger partial charge in [-0.2, -0.15) is 18.3 Å². The second-order valence-electron chi connectivity index (χ2n) is 4.67. The third-order valence-corrected chi connectivity index (χ3v) is 3.64. The van der Waals surface area contributed by atoms with Gasteiger partial charge in [-0.1, -0.05) is 6.07 Å². The minimum Gasteiger partial charge on any atom is -0.332 e. The summed E-state index contributed by atoms with van der Waals surface area (Å²) in [6.07, 6.45) is -2.67. The van der Waals surface area contributed by atoms with E-state index in [2.05, 4.69) is 31.7 Å². The largest absolute Gasteiger partial charge is 0.416 e. The molecule has 5 nitrogen and oxygen atoms in total. The molecule has 2 rings (SSSR count). The molecule has 0 fully saturated rings. The SMILES string of the molecule is CCn1cc(Br)c(CNC(=O)Nc2cccc(C(F)(F)F)c2)n1. The molecule has 23 heavy (non-hydrogen) atoms. The lowest BCUT2D eigenvalue weighted by molar-refractivity contribution is -0.137. The fourth-order valence-corrected chi connectivity index (χ4v) is 2.29. The first kappa shape index (κ1) is 17.3. The number of amides is 2. The van der Waals surface area contributed by atoms with Crippen LogP contribution in [0.25, 0.3) is 0 Å². The Morgan fingerprint density at radius 1 is 1.39 bits per heavy atom. The number of aryl methyl sites for hydroxylation is 1. The number of carbonyl (C=O) groups excluding carboxylic acids is 1. The van der Waals surface area contributed by atoms with Crippen LogP contribution in [0.3, 0.4) is 0 Å². The maximum atomic E-state index is 12.6. The van der Waals surface area contributed by atoms with Crippen molar-refractivity contribution in [1.29, 1.82) is 0 Å². The lowest BCUT2D eigenvalue weighted by atomic mass is 10.2. The third-order valence-electron chi connectivity index (χ3n) is 2.98. The molecular formula is C14H14BrF3N4O. The Labute approximate surface area is 139 Å². The summed E-state index contributed by atoms with van der Waals surface area (Å²) in [5.74, 6) is 0. The van der Waals surface area contributed by atoms with Crippen LogP contribution in [0.5, 0.6) is 0 Å². The molecule has 0 aliphatic carbocycles. The van der Waals surface area contributed by atoms with Gasteiger partial charge in [0, 0.05) is 18.4 Å². The molecule has 2 N–H and O–H groups in total. The lowest BCUT2D eigenvalue weighted by Gasteiger charge is -2.10. The molecule has 1 heterocycles. The Morgan fingerprint density at radius 3 is 2.74 bits per heavy atom. The molecule has 0 bridgehead atoms. The van der Waals surface area contributed by atoms with E-state index in [4.69, 9.17) is 0 Å². The molecule has 0 spiro atoms. The molecule has 0 saturated carbocycles. The van der Waals surface area contributed by atoms with E-state index in [1.54, 1.807) is 10.9 Å². The Hall–Kier alpha value is -2.03. The standard InChI is InChI=1S/C14H14BrF3N4O/c1-2-22-8-11(15)12(21-22)7-19-13(23)20-10-5-3-4-9(6-10)14(16,17)18/h3-6,8H,2,7H2,1H3,(H2,19,20,23). The van der Waals surface area contributed by atoms with Gasteiger partial charge in [-0.3, -0.25) is 4.68 Å². The molecular weight excluding hydrogens is 377 g/mol. The Morgan fingerprint density at radius 2 is 2.13 bits per heavy atom. The fourth-order valence-electron chi connectivity index (χ4n) is 1.83. The molecule has 0 atom stereocenters. The van der Waals surface area contributed by atoms with Gasteiger partial charge in [0.25, 0.3) is 0 Å². The summed E-state index contributed by atoms with van der Waals surface area (Å²) in [4.78, 5) is 11.8. The topological polar surface area (TPSA) is 59.0 Å². The van der Waals surface area contributed by atoms with Gasteiger partial charge in [0.05, 0.1) is 22.3 Å². The van der Waals surface area contributed by atoms with E-state index in [0.717, 1.165) is 16.6 Å². The average Bonchev–Trinajstić information content (AvgIpc) is 2.85. The van der Waals surface area contributed by atoms with E-state index in [9.17, 15) is 18.0 Å². The molecule has 2 amide bonds. The van der Waals surface area contributed by atoms with Crippen molar-refractivity contribution in [3.8, 4) is 0 Å². The molecule has 1 aromatic carbocycles. The molecule has 0 aliphatic heterocycles. The molecule has 1 aromatic heterocycles. The first-order valence-corrected chi connectivity index (χ1v) is 7.53. The van der Waals surface area contributed by atoms with Crippen molar-refractivity contribution in [2.45, 2.75) is 26.2 Å². The van der Waals surface area contributed by atoms with Gasteiger partial charge in [0.15, 0.2) is 0 Å². The lowest BCUT2D eigenvalue weighted by Crippen LogP contribution is -2.28. The highest BCUT2D eigenvalue weighted by atomic mass is 79.9. The van der Waals surface area contributed by atoms with Crippen molar-refractivity contribution in [2.24, 2.45) is 0 Å². The summed E-state index contributed by atoms with van der Waals surface area (Å²) < 4.78 is 40.3. The van der Waals surface area contributed by atoms with Gasteiger partial charge in [-0.25, -0.2) is 4.79 Å². The van der Waals surface area contributed by atoms with Crippen molar-refractivity contribution in [1.82, 2.24) is 15.1 Å². The Balaban J connectivity index is 1.96. The van der Waals surface area contributed by atoms with E-state index in [1.165, 1.54) is 12.1 Å². The van der Waals surface area contributed by atoms with Crippen LogP contribution >= 0.6 is 15.9 Å². The number of hydrogen-bond acceptors (Lipinski definition) is 2. The van der Waals surface area contributed by atoms with Gasteiger partial charge in [0.2, 0.25) is 0 Å². The number of rotatable bonds is 4. The quantitative estimate of drug-likeness (QED) is 0.828. The number of urea groups is 1. The van der Waals surface area contributed by atoms with Crippen LogP contribution in [0.1, 0.15) is 18.2 Å². The van der Waals surface area contributed by atoms with Gasteiger partial charge in [-0.05, 0) is 41.1 Å². The number of aromatic nitrogens is 2. The normalized spacial score (nSPS) is 11.3. The van der Waals surface area contributed by atoms with Crippen LogP contribution in [-0.2, 0) is 19.3 Å². The zero-order chi connectivity index (χ0) is 17.0. The van der Waals surface area contributed by atoms with Crippen LogP contribution in [-0.4, -0.2) is 15.8 Å². The van der Waals surface area contributed by atoms with Crippen molar-refractivity contribution in [2.75, 3.05) is 5.32 Å².